The fraction of sp³-hybridized carbons (Fsp3) is 0.350. The molecule has 0 spiro atoms. The van der Waals surface area contributed by atoms with Gasteiger partial charge in [0.25, 0.3) is 0 Å². The number of carbonyl (C=O) groups excluding carboxylic acids is 1. The third-order valence-electron chi connectivity index (χ3n) is 4.48. The average molecular weight is 308 g/mol. The molecule has 1 amide bonds. The van der Waals surface area contributed by atoms with E-state index in [2.05, 4.69) is 25.1 Å². The van der Waals surface area contributed by atoms with Crippen molar-refractivity contribution in [2.24, 2.45) is 5.92 Å². The molecule has 0 N–H and O–H groups in total. The first kappa shape index (κ1) is 15.8. The van der Waals surface area contributed by atoms with E-state index < -0.39 is 0 Å². The number of hydrogen-bond acceptors (Lipinski definition) is 2. The Balaban J connectivity index is 1.98. The van der Waals surface area contributed by atoms with Crippen LogP contribution in [0.25, 0.3) is 0 Å². The Kier molecular flexibility index (Phi) is 4.49. The fourth-order valence-corrected chi connectivity index (χ4v) is 3.45. The van der Waals surface area contributed by atoms with Crippen LogP contribution in [-0.4, -0.2) is 31.4 Å². The summed E-state index contributed by atoms with van der Waals surface area (Å²) in [5, 5.41) is 0. The Morgan fingerprint density at radius 3 is 2.43 bits per heavy atom. The lowest BCUT2D eigenvalue weighted by atomic mass is 9.92. The van der Waals surface area contributed by atoms with Gasteiger partial charge in [0, 0.05) is 12.2 Å². The zero-order chi connectivity index (χ0) is 16.4. The van der Waals surface area contributed by atoms with Gasteiger partial charge in [0.1, 0.15) is 6.04 Å². The van der Waals surface area contributed by atoms with Crippen molar-refractivity contribution in [2.75, 3.05) is 25.5 Å². The third-order valence-corrected chi connectivity index (χ3v) is 4.48. The molecule has 0 bridgehead atoms. The van der Waals surface area contributed by atoms with Gasteiger partial charge in [-0.3, -0.25) is 9.69 Å². The van der Waals surface area contributed by atoms with Crippen LogP contribution < -0.4 is 4.90 Å². The van der Waals surface area contributed by atoms with Crippen LogP contribution in [-0.2, 0) is 11.2 Å². The van der Waals surface area contributed by atoms with E-state index in [1.165, 1.54) is 5.56 Å². The number of nitrogens with zero attached hydrogens (tertiary/aromatic N) is 2. The number of anilines is 1. The van der Waals surface area contributed by atoms with E-state index in [1.807, 2.05) is 60.3 Å². The molecule has 23 heavy (non-hydrogen) atoms. The second kappa shape index (κ2) is 6.55. The maximum Gasteiger partial charge on any atom is 0.248 e. The van der Waals surface area contributed by atoms with Crippen molar-refractivity contribution < 1.29 is 4.79 Å². The van der Waals surface area contributed by atoms with Crippen LogP contribution in [0.5, 0.6) is 0 Å². The highest BCUT2D eigenvalue weighted by Gasteiger charge is 2.32. The first-order valence-electron chi connectivity index (χ1n) is 8.18. The Bertz CT molecular complexity index is 681. The lowest BCUT2D eigenvalue weighted by Gasteiger charge is -2.37. The van der Waals surface area contributed by atoms with Crippen molar-refractivity contribution in [1.82, 2.24) is 4.90 Å². The normalized spacial score (nSPS) is 18.6. The topological polar surface area (TPSA) is 23.6 Å². The largest absolute Gasteiger partial charge is 0.310 e. The molecule has 0 fully saturated rings. The second-order valence-electron chi connectivity index (χ2n) is 6.66. The van der Waals surface area contributed by atoms with Crippen LogP contribution in [0.15, 0.2) is 54.6 Å². The van der Waals surface area contributed by atoms with Gasteiger partial charge in [-0.25, -0.2) is 0 Å². The van der Waals surface area contributed by atoms with Crippen molar-refractivity contribution in [3.8, 4) is 0 Å². The minimum absolute atomic E-state index is 0.153. The van der Waals surface area contributed by atoms with Crippen LogP contribution in [0.4, 0.5) is 5.69 Å². The van der Waals surface area contributed by atoms with Gasteiger partial charge in [0.15, 0.2) is 0 Å². The number of carbonyl (C=O) groups is 1. The van der Waals surface area contributed by atoms with Crippen LogP contribution >= 0.6 is 0 Å². The van der Waals surface area contributed by atoms with Crippen molar-refractivity contribution in [3.05, 3.63) is 65.7 Å². The summed E-state index contributed by atoms with van der Waals surface area (Å²) in [6.45, 7) is 3.00. The van der Waals surface area contributed by atoms with Gasteiger partial charge in [0.05, 0.1) is 0 Å². The van der Waals surface area contributed by atoms with Crippen molar-refractivity contribution in [3.63, 3.8) is 0 Å². The summed E-state index contributed by atoms with van der Waals surface area (Å²) in [6.07, 6.45) is 1.04. The van der Waals surface area contributed by atoms with E-state index in [0.717, 1.165) is 24.2 Å². The minimum atomic E-state index is -0.255. The molecule has 0 saturated carbocycles. The van der Waals surface area contributed by atoms with Crippen LogP contribution in [0.1, 0.15) is 24.1 Å². The molecule has 2 unspecified atom stereocenters. The number of fused-ring (bicyclic) bond motifs is 1. The zero-order valence-electron chi connectivity index (χ0n) is 14.1. The summed E-state index contributed by atoms with van der Waals surface area (Å²) in [5.74, 6) is 0.632. The van der Waals surface area contributed by atoms with Crippen molar-refractivity contribution in [2.45, 2.75) is 19.4 Å². The van der Waals surface area contributed by atoms with E-state index >= 15 is 0 Å². The first-order valence-corrected chi connectivity index (χ1v) is 8.18. The number of para-hydroxylation sites is 1. The molecule has 3 nitrogen and oxygen atoms in total. The maximum atomic E-state index is 13.3. The summed E-state index contributed by atoms with van der Waals surface area (Å²) < 4.78 is 0. The molecule has 0 aliphatic carbocycles. The average Bonchev–Trinajstić information content (AvgIpc) is 2.54. The second-order valence-corrected chi connectivity index (χ2v) is 6.66. The van der Waals surface area contributed by atoms with Crippen molar-refractivity contribution in [1.29, 1.82) is 0 Å². The Morgan fingerprint density at radius 2 is 1.74 bits per heavy atom. The molecular weight excluding hydrogens is 284 g/mol. The monoisotopic (exact) mass is 308 g/mol. The quantitative estimate of drug-likeness (QED) is 0.866. The van der Waals surface area contributed by atoms with Crippen LogP contribution in [0.3, 0.4) is 0 Å². The zero-order valence-corrected chi connectivity index (χ0v) is 14.1. The Labute approximate surface area is 138 Å². The van der Waals surface area contributed by atoms with E-state index in [0.29, 0.717) is 5.92 Å². The SMILES string of the molecule is CC1Cc2ccccc2N(C(=O)C(c2ccccc2)N(C)C)C1. The number of benzene rings is 2. The molecule has 0 saturated heterocycles. The summed E-state index contributed by atoms with van der Waals surface area (Å²) >= 11 is 0. The number of likely N-dealkylation sites (N-methyl/N-ethyl adjacent to an activating group) is 1. The predicted octanol–water partition coefficient (Wildman–Crippen LogP) is 3.51. The first-order chi connectivity index (χ1) is 11.1. The highest BCUT2D eigenvalue weighted by Crippen LogP contribution is 2.32. The molecule has 2 aromatic rings. The Morgan fingerprint density at radius 1 is 1.09 bits per heavy atom. The minimum Gasteiger partial charge on any atom is -0.310 e. The molecule has 2 aromatic carbocycles. The van der Waals surface area contributed by atoms with Crippen molar-refractivity contribution >= 4 is 11.6 Å². The number of amides is 1. The molecule has 3 heteroatoms. The van der Waals surface area contributed by atoms with E-state index in [4.69, 9.17) is 0 Å². The number of hydrogen-bond donors (Lipinski definition) is 0. The van der Waals surface area contributed by atoms with E-state index in [1.54, 1.807) is 0 Å². The Hall–Kier alpha value is -2.13. The van der Waals surface area contributed by atoms with Gasteiger partial charge in [-0.2, -0.15) is 0 Å². The molecule has 0 aromatic heterocycles. The molecule has 2 atom stereocenters. The summed E-state index contributed by atoms with van der Waals surface area (Å²) in [7, 11) is 3.93. The lowest BCUT2D eigenvalue weighted by molar-refractivity contribution is -0.123. The van der Waals surface area contributed by atoms with Crippen LogP contribution in [0.2, 0.25) is 0 Å². The van der Waals surface area contributed by atoms with Gasteiger partial charge >= 0.3 is 0 Å². The summed E-state index contributed by atoms with van der Waals surface area (Å²) in [6, 6.07) is 18.0. The molecule has 0 radical (unpaired) electrons. The maximum absolute atomic E-state index is 13.3. The lowest BCUT2D eigenvalue weighted by Crippen LogP contribution is -2.45. The molecule has 3 rings (SSSR count). The van der Waals surface area contributed by atoms with Crippen LogP contribution in [0, 0.1) is 5.92 Å². The van der Waals surface area contributed by atoms with Gasteiger partial charge in [-0.15, -0.1) is 0 Å². The van der Waals surface area contributed by atoms with Gasteiger partial charge in [0.2, 0.25) is 5.91 Å². The highest BCUT2D eigenvalue weighted by atomic mass is 16.2. The number of rotatable bonds is 3. The standard InChI is InChI=1S/C20H24N2O/c1-15-13-17-11-7-8-12-18(17)22(14-15)20(23)19(21(2)3)16-9-5-4-6-10-16/h4-12,15,19H,13-14H2,1-3H3. The molecule has 1 aliphatic rings. The highest BCUT2D eigenvalue weighted by molar-refractivity contribution is 5.98. The van der Waals surface area contributed by atoms with Gasteiger partial charge in [-0.1, -0.05) is 55.5 Å². The molecular formula is C20H24N2O. The third kappa shape index (κ3) is 3.15. The smallest absolute Gasteiger partial charge is 0.248 e. The molecule has 1 heterocycles. The molecule has 1 aliphatic heterocycles. The predicted molar refractivity (Wildman–Crippen MR) is 94.5 cm³/mol. The summed E-state index contributed by atoms with van der Waals surface area (Å²) in [5.41, 5.74) is 3.38. The fourth-order valence-electron chi connectivity index (χ4n) is 3.45. The summed E-state index contributed by atoms with van der Waals surface area (Å²) in [4.78, 5) is 17.3. The van der Waals surface area contributed by atoms with Gasteiger partial charge < -0.3 is 4.90 Å². The van der Waals surface area contributed by atoms with E-state index in [9.17, 15) is 4.79 Å². The molecule has 120 valence electrons. The van der Waals surface area contributed by atoms with Gasteiger partial charge in [-0.05, 0) is 43.6 Å². The van der Waals surface area contributed by atoms with E-state index in [-0.39, 0.29) is 11.9 Å².